The third-order valence-electron chi connectivity index (χ3n) is 8.28. The van der Waals surface area contributed by atoms with Crippen LogP contribution in [0.5, 0.6) is 0 Å². The van der Waals surface area contributed by atoms with Crippen molar-refractivity contribution in [3.63, 3.8) is 0 Å². The Morgan fingerprint density at radius 2 is 1.96 bits per heavy atom. The second-order valence-corrected chi connectivity index (χ2v) is 15.6. The maximum absolute atomic E-state index is 10.7. The van der Waals surface area contributed by atoms with Crippen molar-refractivity contribution in [2.24, 2.45) is 17.3 Å². The van der Waals surface area contributed by atoms with Gasteiger partial charge in [0.15, 0.2) is 8.32 Å². The molecule has 1 saturated heterocycles. The summed E-state index contributed by atoms with van der Waals surface area (Å²) in [7, 11) is -1.79. The van der Waals surface area contributed by atoms with Crippen molar-refractivity contribution >= 4 is 8.32 Å². The van der Waals surface area contributed by atoms with Gasteiger partial charge in [0.05, 0.1) is 12.7 Å². The highest BCUT2D eigenvalue weighted by molar-refractivity contribution is 6.74. The molecule has 3 aliphatic rings. The van der Waals surface area contributed by atoms with E-state index in [9.17, 15) is 10.2 Å². The number of hydrogen-bond acceptors (Lipinski definition) is 4. The first kappa shape index (κ1) is 20.5. The molecule has 0 bridgehead atoms. The summed E-state index contributed by atoms with van der Waals surface area (Å²) in [5, 5.41) is 20.3. The van der Waals surface area contributed by atoms with Gasteiger partial charge in [-0.2, -0.15) is 0 Å². The first-order chi connectivity index (χ1) is 11.8. The molecule has 26 heavy (non-hydrogen) atoms. The molecule has 0 aromatic carbocycles. The van der Waals surface area contributed by atoms with Crippen LogP contribution in [0.4, 0.5) is 0 Å². The maximum Gasteiger partial charge on any atom is 0.192 e. The quantitative estimate of drug-likeness (QED) is 0.430. The van der Waals surface area contributed by atoms with Crippen LogP contribution in [0.25, 0.3) is 0 Å². The van der Waals surface area contributed by atoms with Gasteiger partial charge >= 0.3 is 0 Å². The monoisotopic (exact) mass is 382 g/mol. The van der Waals surface area contributed by atoms with Gasteiger partial charge in [-0.05, 0) is 54.8 Å². The highest BCUT2D eigenvalue weighted by Gasteiger charge is 2.77. The molecule has 2 N–H and O–H groups in total. The lowest BCUT2D eigenvalue weighted by molar-refractivity contribution is -0.0469. The van der Waals surface area contributed by atoms with Crippen LogP contribution in [0, 0.1) is 17.3 Å². The zero-order valence-corrected chi connectivity index (χ0v) is 18.6. The van der Waals surface area contributed by atoms with E-state index in [4.69, 9.17) is 9.16 Å². The Hall–Kier alpha value is -0.203. The molecule has 2 saturated carbocycles. The number of aliphatic hydroxyl groups is 2. The Bertz CT molecular complexity index is 583. The van der Waals surface area contributed by atoms with Crippen LogP contribution >= 0.6 is 0 Å². The number of ether oxygens (including phenoxy) is 1. The molecule has 0 aromatic rings. The molecule has 0 aromatic heterocycles. The van der Waals surface area contributed by atoms with Gasteiger partial charge in [0.2, 0.25) is 0 Å². The van der Waals surface area contributed by atoms with Gasteiger partial charge in [0, 0.05) is 11.5 Å². The predicted molar refractivity (Wildman–Crippen MR) is 107 cm³/mol. The lowest BCUT2D eigenvalue weighted by Crippen LogP contribution is -2.49. The lowest BCUT2D eigenvalue weighted by atomic mass is 9.62. The first-order valence-corrected chi connectivity index (χ1v) is 13.0. The van der Waals surface area contributed by atoms with Crippen LogP contribution in [0.1, 0.15) is 53.9 Å². The summed E-state index contributed by atoms with van der Waals surface area (Å²) in [5.41, 5.74) is 0.0140. The van der Waals surface area contributed by atoms with E-state index >= 15 is 0 Å². The molecule has 5 heteroatoms. The Labute approximate surface area is 160 Å². The van der Waals surface area contributed by atoms with Crippen LogP contribution < -0.4 is 0 Å². The van der Waals surface area contributed by atoms with Crippen molar-refractivity contribution in [1.29, 1.82) is 0 Å². The molecule has 4 nitrogen and oxygen atoms in total. The summed E-state index contributed by atoms with van der Waals surface area (Å²) in [6.07, 6.45) is 2.56. The lowest BCUT2D eigenvalue weighted by Gasteiger charge is -2.49. The van der Waals surface area contributed by atoms with E-state index in [0.717, 1.165) is 19.3 Å². The summed E-state index contributed by atoms with van der Waals surface area (Å²) in [5.74, 6) is 0.973. The van der Waals surface area contributed by atoms with E-state index in [2.05, 4.69) is 54.3 Å². The van der Waals surface area contributed by atoms with Crippen molar-refractivity contribution in [3.05, 3.63) is 12.2 Å². The van der Waals surface area contributed by atoms with E-state index in [1.54, 1.807) is 0 Å². The second-order valence-electron chi connectivity index (χ2n) is 10.8. The van der Waals surface area contributed by atoms with E-state index in [-0.39, 0.29) is 23.2 Å². The van der Waals surface area contributed by atoms with Gasteiger partial charge in [-0.25, -0.2) is 0 Å². The molecule has 0 unspecified atom stereocenters. The van der Waals surface area contributed by atoms with E-state index in [0.29, 0.717) is 23.5 Å². The number of rotatable bonds is 5. The van der Waals surface area contributed by atoms with Crippen molar-refractivity contribution in [2.75, 3.05) is 6.61 Å². The Balaban J connectivity index is 1.77. The zero-order valence-electron chi connectivity index (χ0n) is 17.6. The summed E-state index contributed by atoms with van der Waals surface area (Å²) in [6.45, 7) is 19.8. The second kappa shape index (κ2) is 6.15. The molecule has 2 aliphatic carbocycles. The highest BCUT2D eigenvalue weighted by Crippen LogP contribution is 2.70. The molecule has 3 fully saturated rings. The summed E-state index contributed by atoms with van der Waals surface area (Å²) < 4.78 is 12.9. The highest BCUT2D eigenvalue weighted by atomic mass is 28.4. The zero-order chi connectivity index (χ0) is 19.7. The molecule has 7 atom stereocenters. The molecule has 0 spiro atoms. The van der Waals surface area contributed by atoms with Gasteiger partial charge in [0.1, 0.15) is 11.7 Å². The van der Waals surface area contributed by atoms with Gasteiger partial charge in [-0.3, -0.25) is 0 Å². The van der Waals surface area contributed by atoms with Crippen molar-refractivity contribution < 1.29 is 19.4 Å². The third-order valence-corrected chi connectivity index (χ3v) is 12.8. The molecule has 3 rings (SSSR count). The fraction of sp³-hybridized carbons (Fsp3) is 0.905. The SMILES string of the molecule is C=C(CO)[C@H](O)[C@]12C[C@@H]3C[C@@H](O[Si](C)(C)C(C)(C)C)C[C@@H](C)[C@]3(C)[C@H]1O2. The molecular formula is C21H38O4Si. The maximum atomic E-state index is 10.7. The molecular weight excluding hydrogens is 344 g/mol. The number of hydrogen-bond donors (Lipinski definition) is 2. The van der Waals surface area contributed by atoms with Crippen LogP contribution in [-0.4, -0.2) is 49.1 Å². The molecule has 0 amide bonds. The Morgan fingerprint density at radius 3 is 2.50 bits per heavy atom. The van der Waals surface area contributed by atoms with Gasteiger partial charge < -0.3 is 19.4 Å². The summed E-state index contributed by atoms with van der Waals surface area (Å²) >= 11 is 0. The first-order valence-electron chi connectivity index (χ1n) is 10.1. The normalized spacial score (nSPS) is 43.6. The summed E-state index contributed by atoms with van der Waals surface area (Å²) in [4.78, 5) is 0. The largest absolute Gasteiger partial charge is 0.414 e. The van der Waals surface area contributed by atoms with Crippen molar-refractivity contribution in [2.45, 2.75) is 95.9 Å². The van der Waals surface area contributed by atoms with Gasteiger partial charge in [0.25, 0.3) is 0 Å². The Morgan fingerprint density at radius 1 is 1.35 bits per heavy atom. The van der Waals surface area contributed by atoms with Crippen LogP contribution in [0.3, 0.4) is 0 Å². The number of aliphatic hydroxyl groups excluding tert-OH is 2. The van der Waals surface area contributed by atoms with Crippen LogP contribution in [0.2, 0.25) is 18.1 Å². The molecule has 150 valence electrons. The smallest absolute Gasteiger partial charge is 0.192 e. The average Bonchev–Trinajstić information content (AvgIpc) is 3.19. The van der Waals surface area contributed by atoms with E-state index in [1.165, 1.54) is 0 Å². The molecule has 0 radical (unpaired) electrons. The van der Waals surface area contributed by atoms with E-state index in [1.807, 2.05) is 0 Å². The average molecular weight is 383 g/mol. The van der Waals surface area contributed by atoms with E-state index < -0.39 is 20.0 Å². The summed E-state index contributed by atoms with van der Waals surface area (Å²) in [6, 6.07) is 0. The number of epoxide rings is 1. The molecule has 1 heterocycles. The molecule has 1 aliphatic heterocycles. The fourth-order valence-corrected chi connectivity index (χ4v) is 6.69. The van der Waals surface area contributed by atoms with Crippen LogP contribution in [0.15, 0.2) is 12.2 Å². The topological polar surface area (TPSA) is 62.2 Å². The minimum Gasteiger partial charge on any atom is -0.414 e. The standard InChI is InChI=1S/C21H38O4Si/c1-13(12-22)17(23)21-11-15-10-16(25-26(7,8)19(3,4)5)9-14(2)20(15,6)18(21)24-21/h14-18,22-23H,1,9-12H2,2-8H3/t14-,15+,16+,17+,18-,20+,21-/m1/s1. The van der Waals surface area contributed by atoms with Crippen molar-refractivity contribution in [1.82, 2.24) is 0 Å². The number of fused-ring (bicyclic) bond motifs is 3. The van der Waals surface area contributed by atoms with Gasteiger partial charge in [-0.15, -0.1) is 0 Å². The minimum absolute atomic E-state index is 0.0714. The van der Waals surface area contributed by atoms with Gasteiger partial charge in [-0.1, -0.05) is 41.2 Å². The fourth-order valence-electron chi connectivity index (χ4n) is 5.31. The predicted octanol–water partition coefficient (Wildman–Crippen LogP) is 3.88. The minimum atomic E-state index is -1.79. The Kier molecular flexibility index (Phi) is 4.85. The third kappa shape index (κ3) is 2.86. The van der Waals surface area contributed by atoms with Crippen molar-refractivity contribution in [3.8, 4) is 0 Å². The van der Waals surface area contributed by atoms with Crippen LogP contribution in [-0.2, 0) is 9.16 Å².